The van der Waals surface area contributed by atoms with Gasteiger partial charge in [-0.1, -0.05) is 32.9 Å². The number of anilines is 1. The molecule has 7 nitrogen and oxygen atoms in total. The van der Waals surface area contributed by atoms with E-state index in [-0.39, 0.29) is 29.6 Å². The molecule has 0 saturated carbocycles. The minimum absolute atomic E-state index is 0.000972. The van der Waals surface area contributed by atoms with Crippen LogP contribution in [0.15, 0.2) is 48.7 Å². The number of amides is 3. The van der Waals surface area contributed by atoms with Gasteiger partial charge < -0.3 is 20.5 Å². The van der Waals surface area contributed by atoms with Gasteiger partial charge in [-0.15, -0.1) is 0 Å². The van der Waals surface area contributed by atoms with Crippen LogP contribution in [0.3, 0.4) is 0 Å². The van der Waals surface area contributed by atoms with Crippen LogP contribution in [0.1, 0.15) is 49.9 Å². The molecule has 1 aliphatic heterocycles. The van der Waals surface area contributed by atoms with Crippen molar-refractivity contribution in [3.05, 3.63) is 65.4 Å². The molecule has 4 rings (SSSR count). The number of nitrogens with zero attached hydrogens (tertiary/aromatic N) is 1. The van der Waals surface area contributed by atoms with Gasteiger partial charge in [-0.05, 0) is 64.7 Å². The molecule has 1 aliphatic rings. The van der Waals surface area contributed by atoms with Gasteiger partial charge in [0.15, 0.2) is 0 Å². The van der Waals surface area contributed by atoms with Gasteiger partial charge in [0.05, 0.1) is 5.92 Å². The molecule has 2 heterocycles. The van der Waals surface area contributed by atoms with Crippen LogP contribution in [0.4, 0.5) is 5.69 Å². The van der Waals surface area contributed by atoms with E-state index in [1.54, 1.807) is 11.9 Å². The van der Waals surface area contributed by atoms with Gasteiger partial charge in [0.25, 0.3) is 5.91 Å². The third-order valence-electron chi connectivity index (χ3n) is 6.47. The van der Waals surface area contributed by atoms with Crippen LogP contribution in [0.2, 0.25) is 0 Å². The molecule has 1 saturated heterocycles. The molecule has 2 unspecified atom stereocenters. The van der Waals surface area contributed by atoms with Gasteiger partial charge in [0.1, 0.15) is 6.04 Å². The summed E-state index contributed by atoms with van der Waals surface area (Å²) in [5.74, 6) is -1.17. The van der Waals surface area contributed by atoms with Crippen molar-refractivity contribution in [3.63, 3.8) is 0 Å². The number of aryl methyl sites for hydroxylation is 1. The van der Waals surface area contributed by atoms with Crippen molar-refractivity contribution in [2.24, 2.45) is 5.92 Å². The Morgan fingerprint density at radius 2 is 1.88 bits per heavy atom. The fourth-order valence-corrected chi connectivity index (χ4v) is 4.65. The summed E-state index contributed by atoms with van der Waals surface area (Å²) in [4.78, 5) is 43.1. The molecule has 1 aromatic heterocycles. The number of hydrogen-bond donors (Lipinski definition) is 3. The van der Waals surface area contributed by atoms with E-state index in [1.807, 2.05) is 55.6 Å². The molecular weight excluding hydrogens is 428 g/mol. The van der Waals surface area contributed by atoms with Crippen molar-refractivity contribution in [2.75, 3.05) is 18.9 Å². The zero-order valence-corrected chi connectivity index (χ0v) is 20.4. The summed E-state index contributed by atoms with van der Waals surface area (Å²) in [5.41, 5.74) is 4.61. The maximum absolute atomic E-state index is 13.4. The number of aromatic nitrogens is 1. The highest BCUT2D eigenvalue weighted by Crippen LogP contribution is 2.28. The number of hydrogen-bond acceptors (Lipinski definition) is 3. The molecule has 0 bridgehead atoms. The van der Waals surface area contributed by atoms with Gasteiger partial charge >= 0.3 is 0 Å². The Hall–Kier alpha value is -3.61. The van der Waals surface area contributed by atoms with Crippen molar-refractivity contribution in [1.82, 2.24) is 15.2 Å². The van der Waals surface area contributed by atoms with Crippen LogP contribution in [0.5, 0.6) is 0 Å². The zero-order valence-electron chi connectivity index (χ0n) is 20.4. The van der Waals surface area contributed by atoms with Gasteiger partial charge in [-0.3, -0.25) is 14.4 Å². The third kappa shape index (κ3) is 4.83. The second-order valence-electron chi connectivity index (χ2n) is 10.2. The van der Waals surface area contributed by atoms with E-state index in [9.17, 15) is 14.4 Å². The standard InChI is InChI=1S/C27H32N4O3/c1-16-12-20(7-8-21(16)27(2,3)4)29-26(34)24(18-6-9-22-17(13-18)10-11-28-22)30-25(33)19-14-23(32)31(5)15-19/h6-13,19,24,28H,14-15H2,1-5H3,(H,29,34)(H,30,33). The van der Waals surface area contributed by atoms with Crippen molar-refractivity contribution in [1.29, 1.82) is 0 Å². The fraction of sp³-hybridized carbons (Fsp3) is 0.370. The molecule has 3 aromatic rings. The second kappa shape index (κ2) is 8.97. The van der Waals surface area contributed by atoms with Crippen LogP contribution < -0.4 is 10.6 Å². The summed E-state index contributed by atoms with van der Waals surface area (Å²) >= 11 is 0. The van der Waals surface area contributed by atoms with E-state index in [4.69, 9.17) is 0 Å². The number of benzene rings is 2. The van der Waals surface area contributed by atoms with E-state index in [2.05, 4.69) is 36.4 Å². The first-order valence-corrected chi connectivity index (χ1v) is 11.6. The molecule has 3 amide bonds. The first-order valence-electron chi connectivity index (χ1n) is 11.6. The number of H-pyrrole nitrogens is 1. The van der Waals surface area contributed by atoms with Gasteiger partial charge in [0, 0.05) is 37.4 Å². The molecule has 34 heavy (non-hydrogen) atoms. The van der Waals surface area contributed by atoms with Crippen molar-refractivity contribution >= 4 is 34.3 Å². The van der Waals surface area contributed by atoms with Crippen LogP contribution in [-0.4, -0.2) is 41.2 Å². The quantitative estimate of drug-likeness (QED) is 0.536. The summed E-state index contributed by atoms with van der Waals surface area (Å²) in [6.45, 7) is 8.84. The van der Waals surface area contributed by atoms with Gasteiger partial charge in [-0.2, -0.15) is 0 Å². The Labute approximate surface area is 199 Å². The normalized spacial score (nSPS) is 17.1. The minimum Gasteiger partial charge on any atom is -0.361 e. The molecule has 0 aliphatic carbocycles. The molecule has 2 atom stereocenters. The topological polar surface area (TPSA) is 94.3 Å². The number of rotatable bonds is 5. The van der Waals surface area contributed by atoms with E-state index >= 15 is 0 Å². The van der Waals surface area contributed by atoms with Gasteiger partial charge in [0.2, 0.25) is 11.8 Å². The van der Waals surface area contributed by atoms with Crippen LogP contribution in [0.25, 0.3) is 10.9 Å². The number of nitrogens with one attached hydrogen (secondary N) is 3. The molecule has 7 heteroatoms. The molecule has 3 N–H and O–H groups in total. The number of carbonyl (C=O) groups is 3. The predicted molar refractivity (Wildman–Crippen MR) is 133 cm³/mol. The summed E-state index contributed by atoms with van der Waals surface area (Å²) in [7, 11) is 1.68. The summed E-state index contributed by atoms with van der Waals surface area (Å²) < 4.78 is 0. The second-order valence-corrected chi connectivity index (χ2v) is 10.2. The number of likely N-dealkylation sites (tertiary alicyclic amines) is 1. The molecule has 0 spiro atoms. The Kier molecular flexibility index (Phi) is 6.21. The van der Waals surface area contributed by atoms with E-state index in [0.29, 0.717) is 17.8 Å². The highest BCUT2D eigenvalue weighted by atomic mass is 16.2. The average Bonchev–Trinajstić information content (AvgIpc) is 3.36. The predicted octanol–water partition coefficient (Wildman–Crippen LogP) is 4.05. The van der Waals surface area contributed by atoms with Crippen LogP contribution in [-0.2, 0) is 19.8 Å². The highest BCUT2D eigenvalue weighted by molar-refractivity contribution is 5.99. The highest BCUT2D eigenvalue weighted by Gasteiger charge is 2.34. The van der Waals surface area contributed by atoms with Crippen LogP contribution >= 0.6 is 0 Å². The molecule has 178 valence electrons. The Morgan fingerprint density at radius 3 is 2.53 bits per heavy atom. The fourth-order valence-electron chi connectivity index (χ4n) is 4.65. The SMILES string of the molecule is Cc1cc(NC(=O)C(NC(=O)C2CC(=O)N(C)C2)c2ccc3[nH]ccc3c2)ccc1C(C)(C)C. The number of fused-ring (bicyclic) bond motifs is 1. The van der Waals surface area contributed by atoms with Crippen molar-refractivity contribution in [2.45, 2.75) is 45.6 Å². The summed E-state index contributed by atoms with van der Waals surface area (Å²) in [6, 6.07) is 12.5. The average molecular weight is 461 g/mol. The lowest BCUT2D eigenvalue weighted by atomic mass is 9.84. The Bertz CT molecular complexity index is 1250. The van der Waals surface area contributed by atoms with Crippen molar-refractivity contribution < 1.29 is 14.4 Å². The Balaban J connectivity index is 1.60. The summed E-state index contributed by atoms with van der Waals surface area (Å²) in [6.07, 6.45) is 1.99. The molecule has 1 fully saturated rings. The Morgan fingerprint density at radius 1 is 1.12 bits per heavy atom. The molecule has 0 radical (unpaired) electrons. The molecular formula is C27H32N4O3. The largest absolute Gasteiger partial charge is 0.361 e. The van der Waals surface area contributed by atoms with E-state index < -0.39 is 12.0 Å². The lowest BCUT2D eigenvalue weighted by Gasteiger charge is -2.23. The van der Waals surface area contributed by atoms with Crippen LogP contribution in [0, 0.1) is 12.8 Å². The van der Waals surface area contributed by atoms with Gasteiger partial charge in [-0.25, -0.2) is 0 Å². The lowest BCUT2D eigenvalue weighted by molar-refractivity contribution is -0.130. The monoisotopic (exact) mass is 460 g/mol. The van der Waals surface area contributed by atoms with Crippen molar-refractivity contribution in [3.8, 4) is 0 Å². The summed E-state index contributed by atoms with van der Waals surface area (Å²) in [5, 5.41) is 6.83. The third-order valence-corrected chi connectivity index (χ3v) is 6.47. The zero-order chi connectivity index (χ0) is 24.6. The number of carbonyl (C=O) groups excluding carboxylic acids is 3. The minimum atomic E-state index is -0.893. The number of aromatic amines is 1. The maximum atomic E-state index is 13.4. The lowest BCUT2D eigenvalue weighted by Crippen LogP contribution is -2.40. The maximum Gasteiger partial charge on any atom is 0.251 e. The first-order chi connectivity index (χ1) is 16.0. The smallest absolute Gasteiger partial charge is 0.251 e. The van der Waals surface area contributed by atoms with E-state index in [1.165, 1.54) is 5.56 Å². The molecule has 2 aromatic carbocycles. The first kappa shape index (κ1) is 23.5. The van der Waals surface area contributed by atoms with E-state index in [0.717, 1.165) is 16.5 Å².